The van der Waals surface area contributed by atoms with Crippen LogP contribution in [0.3, 0.4) is 0 Å². The van der Waals surface area contributed by atoms with Crippen molar-refractivity contribution in [2.45, 2.75) is 44.8 Å². The molecule has 1 aromatic heterocycles. The second-order valence-electron chi connectivity index (χ2n) is 10.1. The fourth-order valence-corrected chi connectivity index (χ4v) is 4.74. The van der Waals surface area contributed by atoms with Gasteiger partial charge in [0.05, 0.1) is 22.8 Å². The average molecular weight is 468 g/mol. The molecule has 0 spiro atoms. The number of para-hydroxylation sites is 1. The van der Waals surface area contributed by atoms with Crippen molar-refractivity contribution < 1.29 is 14.2 Å². The lowest BCUT2D eigenvalue weighted by Crippen LogP contribution is -2.41. The van der Waals surface area contributed by atoms with Gasteiger partial charge in [-0.3, -0.25) is 10.1 Å². The van der Waals surface area contributed by atoms with Gasteiger partial charge in [-0.2, -0.15) is 0 Å². The van der Waals surface area contributed by atoms with Crippen molar-refractivity contribution in [3.63, 3.8) is 0 Å². The molecule has 1 aliphatic heterocycles. The van der Waals surface area contributed by atoms with Crippen molar-refractivity contribution in [2.24, 2.45) is 0 Å². The summed E-state index contributed by atoms with van der Waals surface area (Å²) < 4.78 is 12.4. The smallest absolute Gasteiger partial charge is 0.399 e. The van der Waals surface area contributed by atoms with Crippen LogP contribution in [0.2, 0.25) is 0 Å². The van der Waals surface area contributed by atoms with Crippen LogP contribution in [0.5, 0.6) is 0 Å². The van der Waals surface area contributed by atoms with E-state index in [1.807, 2.05) is 107 Å². The van der Waals surface area contributed by atoms with Crippen molar-refractivity contribution in [1.82, 2.24) is 4.98 Å². The normalized spacial score (nSPS) is 17.5. The molecule has 0 radical (unpaired) electrons. The monoisotopic (exact) mass is 468 g/mol. The number of hydrogen-bond acceptors (Lipinski definition) is 4. The van der Waals surface area contributed by atoms with E-state index in [0.717, 1.165) is 38.8 Å². The summed E-state index contributed by atoms with van der Waals surface area (Å²) in [6.07, 6.45) is 0. The molecule has 1 fully saturated rings. The Balaban J connectivity index is 1.59. The third kappa shape index (κ3) is 4.26. The molecule has 3 aromatic carbocycles. The molecule has 1 atom stereocenters. The Morgan fingerprint density at radius 1 is 0.886 bits per heavy atom. The number of nitro groups is 1. The number of H-pyrrole nitrogens is 1. The Kier molecular flexibility index (Phi) is 5.78. The van der Waals surface area contributed by atoms with Crippen molar-refractivity contribution in [3.8, 4) is 11.3 Å². The number of hydrogen-bond donors (Lipinski definition) is 1. The van der Waals surface area contributed by atoms with Gasteiger partial charge in [-0.15, -0.1) is 0 Å². The zero-order valence-corrected chi connectivity index (χ0v) is 20.4. The molecule has 4 aromatic rings. The van der Waals surface area contributed by atoms with Crippen LogP contribution in [0, 0.1) is 10.1 Å². The highest BCUT2D eigenvalue weighted by Gasteiger charge is 2.51. The molecule has 1 aliphatic rings. The molecule has 0 amide bonds. The Morgan fingerprint density at radius 2 is 1.49 bits per heavy atom. The number of nitrogens with one attached hydrogen (secondary N) is 1. The highest BCUT2D eigenvalue weighted by atomic mass is 16.7. The largest absolute Gasteiger partial charge is 0.494 e. The minimum atomic E-state index is -0.442. The minimum Gasteiger partial charge on any atom is -0.399 e. The first-order chi connectivity index (χ1) is 16.7. The van der Waals surface area contributed by atoms with E-state index in [1.165, 1.54) is 0 Å². The van der Waals surface area contributed by atoms with Gasteiger partial charge in [0.25, 0.3) is 0 Å². The zero-order valence-electron chi connectivity index (χ0n) is 20.4. The van der Waals surface area contributed by atoms with Gasteiger partial charge in [0.15, 0.2) is 0 Å². The topological polar surface area (TPSA) is 77.4 Å². The molecule has 0 bridgehead atoms. The Hall–Kier alpha value is -3.42. The van der Waals surface area contributed by atoms with Gasteiger partial charge >= 0.3 is 7.12 Å². The Labute approximate surface area is 205 Å². The number of aromatic amines is 1. The lowest BCUT2D eigenvalue weighted by atomic mass is 9.78. The van der Waals surface area contributed by atoms with Crippen molar-refractivity contribution in [2.75, 3.05) is 6.54 Å². The van der Waals surface area contributed by atoms with E-state index < -0.39 is 18.3 Å². The lowest BCUT2D eigenvalue weighted by Gasteiger charge is -2.32. The molecule has 0 aliphatic carbocycles. The van der Waals surface area contributed by atoms with Gasteiger partial charge in [-0.1, -0.05) is 72.8 Å². The standard InChI is InChI=1S/C28H29BN2O4/c1-27(2)28(3,4)35-29(34-27)21-16-14-20(15-17-21)26-25(22-12-8-9-13-24(22)30-26)23(18-31(32)33)19-10-6-5-7-11-19/h5-17,23,30H,18H2,1-4H3. The van der Waals surface area contributed by atoms with Gasteiger partial charge in [0.2, 0.25) is 6.54 Å². The van der Waals surface area contributed by atoms with Gasteiger partial charge in [0, 0.05) is 15.8 Å². The molecular weight excluding hydrogens is 439 g/mol. The summed E-state index contributed by atoms with van der Waals surface area (Å²) >= 11 is 0. The van der Waals surface area contributed by atoms with Crippen LogP contribution in [0.4, 0.5) is 0 Å². The molecule has 5 rings (SSSR count). The summed E-state index contributed by atoms with van der Waals surface area (Å²) in [7, 11) is -0.442. The molecule has 6 nitrogen and oxygen atoms in total. The highest BCUT2D eigenvalue weighted by molar-refractivity contribution is 6.62. The molecular formula is C28H29BN2O4. The summed E-state index contributed by atoms with van der Waals surface area (Å²) in [6, 6.07) is 25.8. The zero-order chi connectivity index (χ0) is 24.8. The van der Waals surface area contributed by atoms with Crippen LogP contribution in [-0.4, -0.2) is 34.8 Å². The highest BCUT2D eigenvalue weighted by Crippen LogP contribution is 2.39. The fourth-order valence-electron chi connectivity index (χ4n) is 4.74. The van der Waals surface area contributed by atoms with Crippen molar-refractivity contribution in [1.29, 1.82) is 0 Å². The quantitative estimate of drug-likeness (QED) is 0.229. The average Bonchev–Trinajstić information content (AvgIpc) is 3.31. The maximum atomic E-state index is 11.7. The van der Waals surface area contributed by atoms with E-state index in [9.17, 15) is 10.1 Å². The van der Waals surface area contributed by atoms with E-state index >= 15 is 0 Å². The van der Waals surface area contributed by atoms with Crippen molar-refractivity contribution in [3.05, 3.63) is 100 Å². The van der Waals surface area contributed by atoms with Gasteiger partial charge < -0.3 is 14.3 Å². The van der Waals surface area contributed by atoms with Crippen molar-refractivity contribution >= 4 is 23.5 Å². The number of aromatic nitrogens is 1. The molecule has 0 saturated carbocycles. The Morgan fingerprint density at radius 3 is 2.11 bits per heavy atom. The molecule has 35 heavy (non-hydrogen) atoms. The van der Waals surface area contributed by atoms with E-state index in [0.29, 0.717) is 0 Å². The molecule has 1 unspecified atom stereocenters. The molecule has 1 saturated heterocycles. The van der Waals surface area contributed by atoms with Crippen LogP contribution in [0.15, 0.2) is 78.9 Å². The van der Waals surface area contributed by atoms with E-state index in [4.69, 9.17) is 9.31 Å². The number of fused-ring (bicyclic) bond motifs is 1. The van der Waals surface area contributed by atoms with Crippen LogP contribution in [0.25, 0.3) is 22.2 Å². The summed E-state index contributed by atoms with van der Waals surface area (Å²) in [5, 5.41) is 12.7. The van der Waals surface area contributed by atoms with Gasteiger partial charge in [-0.25, -0.2) is 0 Å². The first-order valence-corrected chi connectivity index (χ1v) is 11.9. The summed E-state index contributed by atoms with van der Waals surface area (Å²) in [6.45, 7) is 7.97. The molecule has 2 heterocycles. The summed E-state index contributed by atoms with van der Waals surface area (Å²) in [5.74, 6) is -0.389. The van der Waals surface area contributed by atoms with Gasteiger partial charge in [-0.05, 0) is 55.9 Å². The Bertz CT molecular complexity index is 1350. The van der Waals surface area contributed by atoms with Gasteiger partial charge in [0.1, 0.15) is 0 Å². The fraction of sp³-hybridized carbons (Fsp3) is 0.286. The summed E-state index contributed by atoms with van der Waals surface area (Å²) in [5.41, 5.74) is 4.78. The first-order valence-electron chi connectivity index (χ1n) is 11.9. The molecule has 7 heteroatoms. The van der Waals surface area contributed by atoms with Crippen LogP contribution in [-0.2, 0) is 9.31 Å². The number of rotatable bonds is 6. The predicted molar refractivity (Wildman–Crippen MR) is 140 cm³/mol. The SMILES string of the molecule is CC1(C)OB(c2ccc(-c3[nH]c4ccccc4c3C(C[N+](=O)[O-])c3ccccc3)cc2)OC1(C)C. The predicted octanol–water partition coefficient (Wildman–Crippen LogP) is 5.54. The van der Waals surface area contributed by atoms with E-state index in [1.54, 1.807) is 0 Å². The molecule has 178 valence electrons. The van der Waals surface area contributed by atoms with Crippen LogP contribution >= 0.6 is 0 Å². The second kappa shape index (κ2) is 8.66. The van der Waals surface area contributed by atoms with Crippen LogP contribution < -0.4 is 5.46 Å². The van der Waals surface area contributed by atoms with E-state index in [-0.39, 0.29) is 17.4 Å². The lowest BCUT2D eigenvalue weighted by molar-refractivity contribution is -0.481. The third-order valence-electron chi connectivity index (χ3n) is 7.35. The molecule has 1 N–H and O–H groups in total. The summed E-state index contributed by atoms with van der Waals surface area (Å²) in [4.78, 5) is 15.0. The second-order valence-corrected chi connectivity index (χ2v) is 10.1. The third-order valence-corrected chi connectivity index (χ3v) is 7.35. The number of benzene rings is 3. The maximum Gasteiger partial charge on any atom is 0.494 e. The minimum absolute atomic E-state index is 0.190. The first kappa shape index (κ1) is 23.3. The van der Waals surface area contributed by atoms with Crippen LogP contribution in [0.1, 0.15) is 44.7 Å². The maximum absolute atomic E-state index is 11.7. The number of nitrogens with zero attached hydrogens (tertiary/aromatic N) is 1. The van der Waals surface area contributed by atoms with E-state index in [2.05, 4.69) is 4.98 Å².